The van der Waals surface area contributed by atoms with Gasteiger partial charge in [0.05, 0.1) is 0 Å². The molecule has 138 valence electrons. The van der Waals surface area contributed by atoms with Gasteiger partial charge in [0.15, 0.2) is 6.10 Å². The van der Waals surface area contributed by atoms with Gasteiger partial charge in [0.25, 0.3) is 0 Å². The van der Waals surface area contributed by atoms with Gasteiger partial charge in [-0.1, -0.05) is 36.4 Å². The highest BCUT2D eigenvalue weighted by molar-refractivity contribution is 5.88. The van der Waals surface area contributed by atoms with Crippen LogP contribution in [0.3, 0.4) is 0 Å². The first-order chi connectivity index (χ1) is 12.1. The molecule has 0 bridgehead atoms. The Labute approximate surface area is 157 Å². The maximum absolute atomic E-state index is 14.0. The molecule has 26 heavy (non-hydrogen) atoms. The number of aliphatic hydroxyl groups excluding tert-OH is 1. The normalized spacial score (nSPS) is 13.1. The third-order valence-corrected chi connectivity index (χ3v) is 4.02. The molecule has 0 saturated heterocycles. The Morgan fingerprint density at radius 3 is 2.42 bits per heavy atom. The molecule has 0 aliphatic rings. The first-order valence-electron chi connectivity index (χ1n) is 8.02. The molecule has 3 aromatic rings. The summed E-state index contributed by atoms with van der Waals surface area (Å²) >= 11 is 0. The smallest absolute Gasteiger partial charge is 0.151 e. The summed E-state index contributed by atoms with van der Waals surface area (Å²) in [5, 5.41) is 14.4. The molecule has 0 radical (unpaired) electrons. The molecule has 0 saturated carbocycles. The van der Waals surface area contributed by atoms with Crippen molar-refractivity contribution in [2.75, 3.05) is 13.6 Å². The molecular weight excluding hydrogens is 360 g/mol. The molecule has 2 atom stereocenters. The van der Waals surface area contributed by atoms with Crippen molar-refractivity contribution in [2.24, 2.45) is 0 Å². The second kappa shape index (κ2) is 8.94. The molecule has 0 aromatic heterocycles. The lowest BCUT2D eigenvalue weighted by molar-refractivity contribution is 0.0377. The lowest BCUT2D eigenvalue weighted by Crippen LogP contribution is -2.32. The fourth-order valence-corrected chi connectivity index (χ4v) is 2.84. The van der Waals surface area contributed by atoms with Crippen LogP contribution in [-0.2, 0) is 0 Å². The second-order valence-corrected chi connectivity index (χ2v) is 5.81. The molecule has 0 amide bonds. The van der Waals surface area contributed by atoms with Gasteiger partial charge in [-0.2, -0.15) is 0 Å². The van der Waals surface area contributed by atoms with E-state index in [0.717, 1.165) is 0 Å². The summed E-state index contributed by atoms with van der Waals surface area (Å²) in [6, 6.07) is 15.7. The zero-order chi connectivity index (χ0) is 17.8. The minimum Gasteiger partial charge on any atom is -0.482 e. The number of hydrogen-bond donors (Lipinski definition) is 2. The van der Waals surface area contributed by atoms with Crippen LogP contribution in [0.2, 0.25) is 0 Å². The van der Waals surface area contributed by atoms with Gasteiger partial charge in [0.2, 0.25) is 0 Å². The van der Waals surface area contributed by atoms with Gasteiger partial charge < -0.3 is 15.2 Å². The first-order valence-corrected chi connectivity index (χ1v) is 8.02. The number of ether oxygens (including phenoxy) is 1. The molecule has 0 aliphatic carbocycles. The van der Waals surface area contributed by atoms with E-state index in [9.17, 15) is 13.9 Å². The van der Waals surface area contributed by atoms with Crippen molar-refractivity contribution in [3.63, 3.8) is 0 Å². The number of rotatable bonds is 6. The third kappa shape index (κ3) is 4.30. The van der Waals surface area contributed by atoms with Gasteiger partial charge in [-0.15, -0.1) is 12.4 Å². The number of benzene rings is 3. The second-order valence-electron chi connectivity index (χ2n) is 5.81. The summed E-state index contributed by atoms with van der Waals surface area (Å²) < 4.78 is 33.6. The van der Waals surface area contributed by atoms with Crippen LogP contribution in [-0.4, -0.2) is 24.8 Å². The van der Waals surface area contributed by atoms with Crippen LogP contribution in [0, 0.1) is 11.6 Å². The van der Waals surface area contributed by atoms with E-state index in [-0.39, 0.29) is 24.8 Å². The van der Waals surface area contributed by atoms with Crippen molar-refractivity contribution < 1.29 is 18.6 Å². The van der Waals surface area contributed by atoms with E-state index in [4.69, 9.17) is 4.74 Å². The Bertz CT molecular complexity index is 875. The summed E-state index contributed by atoms with van der Waals surface area (Å²) in [5.74, 6) is -0.325. The van der Waals surface area contributed by atoms with Crippen LogP contribution in [0.15, 0.2) is 60.7 Å². The maximum atomic E-state index is 14.0. The minimum absolute atomic E-state index is 0. The van der Waals surface area contributed by atoms with Gasteiger partial charge in [-0.05, 0) is 36.9 Å². The summed E-state index contributed by atoms with van der Waals surface area (Å²) in [6.45, 7) is 0.264. The van der Waals surface area contributed by atoms with Crippen LogP contribution >= 0.6 is 12.4 Å². The Balaban J connectivity index is 0.00000243. The molecule has 2 N–H and O–H groups in total. The number of likely N-dealkylation sites (N-methyl/N-ethyl adjacent to an activating group) is 1. The van der Waals surface area contributed by atoms with Gasteiger partial charge in [0.1, 0.15) is 23.5 Å². The predicted octanol–water partition coefficient (Wildman–Crippen LogP) is 4.24. The van der Waals surface area contributed by atoms with Crippen LogP contribution in [0.4, 0.5) is 8.78 Å². The molecule has 0 fully saturated rings. The summed E-state index contributed by atoms with van der Waals surface area (Å²) in [6.07, 6.45) is -1.70. The van der Waals surface area contributed by atoms with Crippen molar-refractivity contribution in [3.8, 4) is 5.75 Å². The fourth-order valence-electron chi connectivity index (χ4n) is 2.84. The average Bonchev–Trinajstić information content (AvgIpc) is 2.61. The number of halogens is 3. The zero-order valence-corrected chi connectivity index (χ0v) is 15.0. The van der Waals surface area contributed by atoms with Gasteiger partial charge in [-0.25, -0.2) is 8.78 Å². The van der Waals surface area contributed by atoms with Crippen LogP contribution in [0.1, 0.15) is 11.7 Å². The molecule has 0 unspecified atom stereocenters. The fraction of sp³-hybridized carbons (Fsp3) is 0.200. The number of hydrogen-bond acceptors (Lipinski definition) is 3. The SMILES string of the molecule is CNC[C@@H](O)[C@@H](Oc1ccc(F)c2ccccc12)c1cccc(F)c1.Cl. The number of aliphatic hydroxyl groups is 1. The van der Waals surface area contributed by atoms with Gasteiger partial charge >= 0.3 is 0 Å². The van der Waals surface area contributed by atoms with E-state index in [0.29, 0.717) is 22.1 Å². The molecular formula is C20H20ClF2NO2. The van der Waals surface area contributed by atoms with Crippen molar-refractivity contribution in [1.82, 2.24) is 5.32 Å². The monoisotopic (exact) mass is 379 g/mol. The molecule has 6 heteroatoms. The summed E-state index contributed by atoms with van der Waals surface area (Å²) in [5.41, 5.74) is 0.510. The Kier molecular flexibility index (Phi) is 6.91. The van der Waals surface area contributed by atoms with Gasteiger partial charge in [0, 0.05) is 17.3 Å². The molecule has 0 aliphatic heterocycles. The molecule has 3 aromatic carbocycles. The van der Waals surface area contributed by atoms with Crippen molar-refractivity contribution >= 4 is 23.2 Å². The molecule has 3 nitrogen and oxygen atoms in total. The van der Waals surface area contributed by atoms with Crippen LogP contribution < -0.4 is 10.1 Å². The maximum Gasteiger partial charge on any atom is 0.151 e. The minimum atomic E-state index is -0.907. The van der Waals surface area contributed by atoms with E-state index in [1.165, 1.54) is 24.3 Å². The Morgan fingerprint density at radius 1 is 1.00 bits per heavy atom. The summed E-state index contributed by atoms with van der Waals surface area (Å²) in [4.78, 5) is 0. The van der Waals surface area contributed by atoms with E-state index < -0.39 is 18.0 Å². The number of nitrogens with one attached hydrogen (secondary N) is 1. The highest BCUT2D eigenvalue weighted by Gasteiger charge is 2.24. The van der Waals surface area contributed by atoms with Crippen LogP contribution in [0.5, 0.6) is 5.75 Å². The highest BCUT2D eigenvalue weighted by Crippen LogP contribution is 2.32. The Hall–Kier alpha value is -2.21. The predicted molar refractivity (Wildman–Crippen MR) is 101 cm³/mol. The average molecular weight is 380 g/mol. The van der Waals surface area contributed by atoms with Crippen molar-refractivity contribution in [3.05, 3.63) is 77.9 Å². The van der Waals surface area contributed by atoms with E-state index >= 15 is 0 Å². The lowest BCUT2D eigenvalue weighted by Gasteiger charge is -2.25. The molecule has 0 spiro atoms. The van der Waals surface area contributed by atoms with Crippen molar-refractivity contribution in [2.45, 2.75) is 12.2 Å². The van der Waals surface area contributed by atoms with Crippen LogP contribution in [0.25, 0.3) is 10.8 Å². The van der Waals surface area contributed by atoms with Gasteiger partial charge in [-0.3, -0.25) is 0 Å². The van der Waals surface area contributed by atoms with Crippen molar-refractivity contribution in [1.29, 1.82) is 0 Å². The summed E-state index contributed by atoms with van der Waals surface area (Å²) in [7, 11) is 1.71. The van der Waals surface area contributed by atoms with E-state index in [1.807, 2.05) is 0 Å². The highest BCUT2D eigenvalue weighted by atomic mass is 35.5. The Morgan fingerprint density at radius 2 is 1.73 bits per heavy atom. The standard InChI is InChI=1S/C20H19F2NO2.ClH/c1-23-12-18(24)20(13-5-4-6-14(21)11-13)25-19-10-9-17(22)15-7-2-3-8-16(15)19;/h2-11,18,20,23-24H,12H2,1H3;1H/t18-,20+;/m1./s1. The molecule has 0 heterocycles. The quantitative estimate of drug-likeness (QED) is 0.673. The third-order valence-electron chi connectivity index (χ3n) is 4.02. The lowest BCUT2D eigenvalue weighted by atomic mass is 10.0. The molecule has 3 rings (SSSR count). The number of fused-ring (bicyclic) bond motifs is 1. The van der Waals surface area contributed by atoms with E-state index in [1.54, 1.807) is 43.4 Å². The van der Waals surface area contributed by atoms with E-state index in [2.05, 4.69) is 5.32 Å². The topological polar surface area (TPSA) is 41.5 Å². The zero-order valence-electron chi connectivity index (χ0n) is 14.2. The largest absolute Gasteiger partial charge is 0.482 e. The first kappa shape index (κ1) is 20.1.